The standard InChI is InChI=1S/C20H21F3N6O/c21-13-4-6-24-9-15(13)28-18-3-1-2-14(27-18)16-10-25-19-8-12(5-7-29(16)19)20(30)26-11-17(22)23/h1-3,5,7-8,10,13,15,17,24H,4,6,9,11H2,(H,26,30)(H,27,28)/t13-,15-/m0/s1. The number of halogens is 3. The van der Waals surface area contributed by atoms with Crippen LogP contribution >= 0.6 is 0 Å². The van der Waals surface area contributed by atoms with Crippen LogP contribution in [0.1, 0.15) is 16.8 Å². The number of alkyl halides is 3. The molecule has 0 bridgehead atoms. The molecule has 7 nitrogen and oxygen atoms in total. The maximum Gasteiger partial charge on any atom is 0.255 e. The number of hydrogen-bond donors (Lipinski definition) is 3. The molecule has 2 atom stereocenters. The minimum atomic E-state index is -2.61. The largest absolute Gasteiger partial charge is 0.363 e. The molecule has 0 unspecified atom stereocenters. The van der Waals surface area contributed by atoms with Crippen molar-refractivity contribution >= 4 is 17.4 Å². The van der Waals surface area contributed by atoms with Crippen molar-refractivity contribution in [1.29, 1.82) is 0 Å². The molecule has 1 aliphatic heterocycles. The van der Waals surface area contributed by atoms with Crippen LogP contribution in [-0.4, -0.2) is 58.5 Å². The second-order valence-corrected chi connectivity index (χ2v) is 7.06. The SMILES string of the molecule is O=C(NCC(F)F)c1ccn2c(-c3cccc(N[C@H]4CNCC[C@@H]4F)n3)cnc2c1. The maximum absolute atomic E-state index is 14.1. The summed E-state index contributed by atoms with van der Waals surface area (Å²) in [6.45, 7) is 0.486. The molecule has 158 valence electrons. The van der Waals surface area contributed by atoms with Crippen LogP contribution in [0.4, 0.5) is 19.0 Å². The first kappa shape index (κ1) is 20.1. The molecule has 0 aliphatic carbocycles. The average molecular weight is 418 g/mol. The number of piperidine rings is 1. The number of carbonyl (C=O) groups excluding carboxylic acids is 1. The van der Waals surface area contributed by atoms with Crippen LogP contribution in [0.3, 0.4) is 0 Å². The highest BCUT2D eigenvalue weighted by atomic mass is 19.3. The van der Waals surface area contributed by atoms with Crippen LogP contribution in [0.25, 0.3) is 17.0 Å². The summed E-state index contributed by atoms with van der Waals surface area (Å²) >= 11 is 0. The normalized spacial score (nSPS) is 19.2. The minimum Gasteiger partial charge on any atom is -0.363 e. The quantitative estimate of drug-likeness (QED) is 0.573. The number of imidazole rings is 1. The zero-order valence-electron chi connectivity index (χ0n) is 16.0. The Morgan fingerprint density at radius 1 is 1.33 bits per heavy atom. The molecule has 0 spiro atoms. The second kappa shape index (κ2) is 8.70. The molecular formula is C20H21F3N6O. The topological polar surface area (TPSA) is 83.4 Å². The van der Waals surface area contributed by atoms with E-state index in [-0.39, 0.29) is 11.6 Å². The number of rotatable bonds is 6. The summed E-state index contributed by atoms with van der Waals surface area (Å²) in [7, 11) is 0. The van der Waals surface area contributed by atoms with Crippen molar-refractivity contribution in [3.8, 4) is 11.4 Å². The fraction of sp³-hybridized carbons (Fsp3) is 0.350. The van der Waals surface area contributed by atoms with E-state index in [0.717, 1.165) is 0 Å². The summed E-state index contributed by atoms with van der Waals surface area (Å²) in [4.78, 5) is 20.9. The predicted molar refractivity (Wildman–Crippen MR) is 107 cm³/mol. The zero-order valence-corrected chi connectivity index (χ0v) is 16.0. The number of fused-ring (bicyclic) bond motifs is 1. The fourth-order valence-electron chi connectivity index (χ4n) is 3.40. The van der Waals surface area contributed by atoms with Gasteiger partial charge in [0.15, 0.2) is 0 Å². The Labute approximate surface area is 170 Å². The van der Waals surface area contributed by atoms with Gasteiger partial charge >= 0.3 is 0 Å². The molecule has 10 heteroatoms. The van der Waals surface area contributed by atoms with E-state index in [1.807, 2.05) is 12.1 Å². The van der Waals surface area contributed by atoms with E-state index >= 15 is 0 Å². The number of pyridine rings is 2. The fourth-order valence-corrected chi connectivity index (χ4v) is 3.40. The summed E-state index contributed by atoms with van der Waals surface area (Å²) in [6.07, 6.45) is 0.154. The number of anilines is 1. The predicted octanol–water partition coefficient (Wildman–Crippen LogP) is 2.50. The van der Waals surface area contributed by atoms with Crippen molar-refractivity contribution in [2.24, 2.45) is 0 Å². The molecule has 1 amide bonds. The van der Waals surface area contributed by atoms with Crippen LogP contribution in [0, 0.1) is 0 Å². The average Bonchev–Trinajstić information content (AvgIpc) is 3.17. The minimum absolute atomic E-state index is 0.238. The van der Waals surface area contributed by atoms with Gasteiger partial charge in [0.25, 0.3) is 12.3 Å². The Morgan fingerprint density at radius 2 is 2.20 bits per heavy atom. The molecule has 3 aromatic rings. The summed E-state index contributed by atoms with van der Waals surface area (Å²) in [5, 5.41) is 8.47. The summed E-state index contributed by atoms with van der Waals surface area (Å²) in [5.41, 5.74) is 2.03. The number of aromatic nitrogens is 3. The molecule has 0 saturated carbocycles. The van der Waals surface area contributed by atoms with Crippen molar-refractivity contribution in [3.05, 3.63) is 48.3 Å². The summed E-state index contributed by atoms with van der Waals surface area (Å²) in [6, 6.07) is 8.11. The Balaban J connectivity index is 1.55. The highest BCUT2D eigenvalue weighted by Crippen LogP contribution is 2.22. The van der Waals surface area contributed by atoms with Gasteiger partial charge in [0.1, 0.15) is 17.6 Å². The molecular weight excluding hydrogens is 397 g/mol. The maximum atomic E-state index is 14.1. The first-order valence-corrected chi connectivity index (χ1v) is 9.63. The van der Waals surface area contributed by atoms with E-state index in [0.29, 0.717) is 42.4 Å². The number of amides is 1. The summed E-state index contributed by atoms with van der Waals surface area (Å²) in [5.74, 6) is -0.0321. The van der Waals surface area contributed by atoms with E-state index in [2.05, 4.69) is 25.9 Å². The molecule has 4 rings (SSSR count). The molecule has 0 radical (unpaired) electrons. The van der Waals surface area contributed by atoms with Gasteiger partial charge in [0, 0.05) is 18.3 Å². The van der Waals surface area contributed by atoms with Crippen molar-refractivity contribution < 1.29 is 18.0 Å². The monoisotopic (exact) mass is 418 g/mol. The molecule has 1 aliphatic rings. The first-order valence-electron chi connectivity index (χ1n) is 9.63. The van der Waals surface area contributed by atoms with Crippen LogP contribution in [-0.2, 0) is 0 Å². The lowest BCUT2D eigenvalue weighted by molar-refractivity contribution is 0.0891. The Bertz CT molecular complexity index is 1040. The lowest BCUT2D eigenvalue weighted by Crippen LogP contribution is -2.46. The second-order valence-electron chi connectivity index (χ2n) is 7.06. The first-order chi connectivity index (χ1) is 14.5. The van der Waals surface area contributed by atoms with Gasteiger partial charge in [-0.2, -0.15) is 0 Å². The molecule has 0 aromatic carbocycles. The summed E-state index contributed by atoms with van der Waals surface area (Å²) < 4.78 is 40.4. The van der Waals surface area contributed by atoms with E-state index < -0.39 is 25.0 Å². The van der Waals surface area contributed by atoms with Gasteiger partial charge in [-0.05, 0) is 37.2 Å². The Morgan fingerprint density at radius 3 is 3.00 bits per heavy atom. The molecule has 1 saturated heterocycles. The van der Waals surface area contributed by atoms with Gasteiger partial charge in [-0.15, -0.1) is 0 Å². The van der Waals surface area contributed by atoms with E-state index in [4.69, 9.17) is 0 Å². The van der Waals surface area contributed by atoms with Crippen molar-refractivity contribution in [3.63, 3.8) is 0 Å². The van der Waals surface area contributed by atoms with Gasteiger partial charge in [-0.25, -0.2) is 23.1 Å². The van der Waals surface area contributed by atoms with Crippen LogP contribution in [0.5, 0.6) is 0 Å². The van der Waals surface area contributed by atoms with E-state index in [9.17, 15) is 18.0 Å². The number of nitrogens with one attached hydrogen (secondary N) is 3. The number of hydrogen-bond acceptors (Lipinski definition) is 5. The molecule has 4 heterocycles. The molecule has 3 aromatic heterocycles. The molecule has 3 N–H and O–H groups in total. The van der Waals surface area contributed by atoms with Crippen LogP contribution < -0.4 is 16.0 Å². The van der Waals surface area contributed by atoms with Gasteiger partial charge in [-0.3, -0.25) is 9.20 Å². The van der Waals surface area contributed by atoms with E-state index in [1.54, 1.807) is 22.9 Å². The van der Waals surface area contributed by atoms with E-state index in [1.165, 1.54) is 12.1 Å². The smallest absolute Gasteiger partial charge is 0.255 e. The van der Waals surface area contributed by atoms with Gasteiger partial charge in [0.05, 0.1) is 30.2 Å². The third-order valence-corrected chi connectivity index (χ3v) is 4.93. The zero-order chi connectivity index (χ0) is 21.1. The van der Waals surface area contributed by atoms with Crippen LogP contribution in [0.2, 0.25) is 0 Å². The highest BCUT2D eigenvalue weighted by Gasteiger charge is 2.24. The number of nitrogens with zero attached hydrogens (tertiary/aromatic N) is 3. The van der Waals surface area contributed by atoms with Gasteiger partial charge in [0.2, 0.25) is 0 Å². The highest BCUT2D eigenvalue weighted by molar-refractivity contribution is 5.95. The third kappa shape index (κ3) is 4.38. The lowest BCUT2D eigenvalue weighted by atomic mass is 10.1. The molecule has 30 heavy (non-hydrogen) atoms. The lowest BCUT2D eigenvalue weighted by Gasteiger charge is -2.28. The van der Waals surface area contributed by atoms with Crippen molar-refractivity contribution in [1.82, 2.24) is 25.0 Å². The van der Waals surface area contributed by atoms with Crippen molar-refractivity contribution in [2.75, 3.05) is 25.0 Å². The third-order valence-electron chi connectivity index (χ3n) is 4.93. The Kier molecular flexibility index (Phi) is 5.84. The van der Waals surface area contributed by atoms with Crippen molar-refractivity contribution in [2.45, 2.75) is 25.1 Å². The molecule has 1 fully saturated rings. The van der Waals surface area contributed by atoms with Crippen LogP contribution in [0.15, 0.2) is 42.7 Å². The van der Waals surface area contributed by atoms with Gasteiger partial charge in [-0.1, -0.05) is 6.07 Å². The Hall–Kier alpha value is -3.14. The number of carbonyl (C=O) groups is 1. The van der Waals surface area contributed by atoms with Gasteiger partial charge < -0.3 is 16.0 Å².